The minimum atomic E-state index is -0.570. The van der Waals surface area contributed by atoms with E-state index >= 15 is 0 Å². The van der Waals surface area contributed by atoms with Gasteiger partial charge in [0, 0.05) is 62.8 Å². The highest BCUT2D eigenvalue weighted by molar-refractivity contribution is 6.30. The Labute approximate surface area is 248 Å². The van der Waals surface area contributed by atoms with Crippen LogP contribution in [0.4, 0.5) is 11.5 Å². The first kappa shape index (κ1) is 29.0. The molecule has 0 bridgehead atoms. The van der Waals surface area contributed by atoms with Crippen LogP contribution in [0.3, 0.4) is 0 Å². The van der Waals surface area contributed by atoms with E-state index in [9.17, 15) is 19.5 Å². The number of carbonyl (C=O) groups excluding carboxylic acids is 2. The molecule has 0 unspecified atom stereocenters. The number of piperazine rings is 1. The molecule has 4 aromatic rings. The molecule has 1 saturated heterocycles. The first-order chi connectivity index (χ1) is 20.3. The van der Waals surface area contributed by atoms with Gasteiger partial charge in [-0.25, -0.2) is 4.98 Å². The number of benzene rings is 2. The molecule has 5 rings (SSSR count). The lowest BCUT2D eigenvalue weighted by Crippen LogP contribution is -2.45. The van der Waals surface area contributed by atoms with Gasteiger partial charge in [-0.1, -0.05) is 29.8 Å². The first-order valence-corrected chi connectivity index (χ1v) is 13.9. The standard InChI is InChI=1S/C31H31ClN6O4/c1-36-14-16-37(17-15-36)18-19-38-13-3-5-24(31(38)42)21-7-9-22(10-8-21)29(40)35-28-25(4-2-6-26(28)39)30(41)34-27-12-11-23(32)20-33-27/h2-13,20,39H,14-19H2,1H3,(H,35,40)(H,33,34,41). The number of hydrogen-bond acceptors (Lipinski definition) is 7. The highest BCUT2D eigenvalue weighted by Gasteiger charge is 2.19. The van der Waals surface area contributed by atoms with Gasteiger partial charge >= 0.3 is 0 Å². The van der Waals surface area contributed by atoms with Gasteiger partial charge in [0.05, 0.1) is 16.3 Å². The number of rotatable bonds is 8. The molecule has 0 spiro atoms. The van der Waals surface area contributed by atoms with Gasteiger partial charge < -0.3 is 25.2 Å². The zero-order valence-electron chi connectivity index (χ0n) is 23.1. The number of aromatic nitrogens is 2. The van der Waals surface area contributed by atoms with Crippen molar-refractivity contribution < 1.29 is 14.7 Å². The summed E-state index contributed by atoms with van der Waals surface area (Å²) in [6.07, 6.45) is 3.19. The van der Waals surface area contributed by atoms with E-state index < -0.39 is 11.8 Å². The molecule has 3 heterocycles. The van der Waals surface area contributed by atoms with E-state index in [2.05, 4.69) is 32.5 Å². The molecule has 216 valence electrons. The van der Waals surface area contributed by atoms with Crippen molar-refractivity contribution in [3.63, 3.8) is 0 Å². The summed E-state index contributed by atoms with van der Waals surface area (Å²) < 4.78 is 1.72. The lowest BCUT2D eigenvalue weighted by atomic mass is 10.0. The summed E-state index contributed by atoms with van der Waals surface area (Å²) in [6.45, 7) is 5.42. The molecule has 0 saturated carbocycles. The van der Waals surface area contributed by atoms with Crippen molar-refractivity contribution in [3.05, 3.63) is 106 Å². The third kappa shape index (κ3) is 6.85. The van der Waals surface area contributed by atoms with Crippen molar-refractivity contribution in [1.29, 1.82) is 0 Å². The number of phenolic OH excluding ortho intramolecular Hbond substituents is 1. The van der Waals surface area contributed by atoms with Gasteiger partial charge in [0.1, 0.15) is 11.6 Å². The summed E-state index contributed by atoms with van der Waals surface area (Å²) in [6, 6.07) is 17.7. The summed E-state index contributed by atoms with van der Waals surface area (Å²) in [5.41, 5.74) is 1.44. The lowest BCUT2D eigenvalue weighted by Gasteiger charge is -2.32. The Kier molecular flexibility index (Phi) is 8.97. The molecular weight excluding hydrogens is 556 g/mol. The molecule has 42 heavy (non-hydrogen) atoms. The van der Waals surface area contributed by atoms with E-state index in [0.29, 0.717) is 28.3 Å². The van der Waals surface area contributed by atoms with Crippen LogP contribution in [0, 0.1) is 0 Å². The number of amides is 2. The van der Waals surface area contributed by atoms with Crippen LogP contribution in [0.2, 0.25) is 5.02 Å². The summed E-state index contributed by atoms with van der Waals surface area (Å²) in [4.78, 5) is 47.9. The van der Waals surface area contributed by atoms with E-state index in [1.54, 1.807) is 47.2 Å². The number of likely N-dealkylation sites (N-methyl/N-ethyl adjacent to an activating group) is 1. The Balaban J connectivity index is 1.28. The smallest absolute Gasteiger partial charge is 0.259 e. The van der Waals surface area contributed by atoms with E-state index in [1.165, 1.54) is 30.5 Å². The molecular formula is C31H31ClN6O4. The number of nitrogens with one attached hydrogen (secondary N) is 2. The Bertz CT molecular complexity index is 1630. The number of para-hydroxylation sites is 1. The first-order valence-electron chi connectivity index (χ1n) is 13.6. The van der Waals surface area contributed by atoms with Crippen LogP contribution < -0.4 is 16.2 Å². The van der Waals surface area contributed by atoms with E-state index in [-0.39, 0.29) is 28.4 Å². The van der Waals surface area contributed by atoms with Gasteiger partial charge in [-0.15, -0.1) is 0 Å². The van der Waals surface area contributed by atoms with Crippen LogP contribution in [0.5, 0.6) is 5.75 Å². The second kappa shape index (κ2) is 13.0. The molecule has 2 aromatic carbocycles. The molecule has 0 radical (unpaired) electrons. The summed E-state index contributed by atoms with van der Waals surface area (Å²) >= 11 is 5.85. The number of hydrogen-bond donors (Lipinski definition) is 3. The highest BCUT2D eigenvalue weighted by Crippen LogP contribution is 2.29. The zero-order chi connectivity index (χ0) is 29.6. The van der Waals surface area contributed by atoms with Crippen molar-refractivity contribution in [2.24, 2.45) is 0 Å². The minimum Gasteiger partial charge on any atom is -0.506 e. The lowest BCUT2D eigenvalue weighted by molar-refractivity contribution is 0.102. The number of phenols is 1. The van der Waals surface area contributed by atoms with Crippen LogP contribution in [-0.4, -0.2) is 76.0 Å². The molecule has 1 aliphatic heterocycles. The largest absolute Gasteiger partial charge is 0.506 e. The normalized spacial score (nSPS) is 14.0. The Morgan fingerprint density at radius 3 is 2.38 bits per heavy atom. The Morgan fingerprint density at radius 1 is 0.905 bits per heavy atom. The number of nitrogens with zero attached hydrogens (tertiary/aromatic N) is 4. The molecule has 2 amide bonds. The van der Waals surface area contributed by atoms with Crippen molar-refractivity contribution in [2.45, 2.75) is 6.54 Å². The van der Waals surface area contributed by atoms with Crippen LogP contribution >= 0.6 is 11.6 Å². The quantitative estimate of drug-likeness (QED) is 0.267. The fourth-order valence-electron chi connectivity index (χ4n) is 4.73. The van der Waals surface area contributed by atoms with Gasteiger partial charge in [-0.05, 0) is 61.1 Å². The molecule has 3 N–H and O–H groups in total. The molecule has 2 aromatic heterocycles. The molecule has 10 nitrogen and oxygen atoms in total. The molecule has 0 atom stereocenters. The fourth-order valence-corrected chi connectivity index (χ4v) is 4.85. The fraction of sp³-hybridized carbons (Fsp3) is 0.226. The minimum absolute atomic E-state index is 0.0377. The molecule has 1 fully saturated rings. The third-order valence-corrected chi connectivity index (χ3v) is 7.45. The number of anilines is 2. The van der Waals surface area contributed by atoms with Crippen LogP contribution in [-0.2, 0) is 6.54 Å². The maximum absolute atomic E-state index is 13.2. The number of pyridine rings is 2. The van der Waals surface area contributed by atoms with Crippen LogP contribution in [0.1, 0.15) is 20.7 Å². The predicted molar refractivity (Wildman–Crippen MR) is 163 cm³/mol. The summed E-state index contributed by atoms with van der Waals surface area (Å²) in [5, 5.41) is 16.1. The predicted octanol–water partition coefficient (Wildman–Crippen LogP) is 4.02. The summed E-state index contributed by atoms with van der Waals surface area (Å²) in [5.74, 6) is -1.10. The highest BCUT2D eigenvalue weighted by atomic mass is 35.5. The number of halogens is 1. The van der Waals surface area contributed by atoms with Crippen molar-refractivity contribution in [2.75, 3.05) is 50.4 Å². The van der Waals surface area contributed by atoms with Crippen LogP contribution in [0.25, 0.3) is 11.1 Å². The Morgan fingerprint density at radius 2 is 1.67 bits per heavy atom. The average molecular weight is 587 g/mol. The third-order valence-electron chi connectivity index (χ3n) is 7.23. The van der Waals surface area contributed by atoms with Crippen molar-refractivity contribution in [1.82, 2.24) is 19.4 Å². The average Bonchev–Trinajstić information content (AvgIpc) is 2.99. The van der Waals surface area contributed by atoms with Crippen molar-refractivity contribution >= 4 is 34.9 Å². The van der Waals surface area contributed by atoms with Gasteiger partial charge in [0.2, 0.25) is 0 Å². The van der Waals surface area contributed by atoms with Crippen molar-refractivity contribution in [3.8, 4) is 16.9 Å². The Hall–Kier alpha value is -4.51. The molecule has 0 aliphatic carbocycles. The van der Waals surface area contributed by atoms with E-state index in [1.807, 2.05) is 6.07 Å². The van der Waals surface area contributed by atoms with Gasteiger partial charge in [-0.2, -0.15) is 0 Å². The monoisotopic (exact) mass is 586 g/mol. The van der Waals surface area contributed by atoms with Gasteiger partial charge in [0.15, 0.2) is 0 Å². The second-order valence-corrected chi connectivity index (χ2v) is 10.5. The topological polar surface area (TPSA) is 120 Å². The zero-order valence-corrected chi connectivity index (χ0v) is 23.8. The molecule has 1 aliphatic rings. The van der Waals surface area contributed by atoms with Crippen LogP contribution in [0.15, 0.2) is 83.9 Å². The van der Waals surface area contributed by atoms with Gasteiger partial charge in [-0.3, -0.25) is 19.3 Å². The number of aromatic hydroxyl groups is 1. The number of carbonyl (C=O) groups is 2. The maximum Gasteiger partial charge on any atom is 0.259 e. The van der Waals surface area contributed by atoms with Gasteiger partial charge in [0.25, 0.3) is 17.4 Å². The van der Waals surface area contributed by atoms with E-state index in [4.69, 9.17) is 11.6 Å². The SMILES string of the molecule is CN1CCN(CCn2cccc(-c3ccc(C(=O)Nc4c(O)cccc4C(=O)Nc4ccc(Cl)cn4)cc3)c2=O)CC1. The van der Waals surface area contributed by atoms with E-state index in [0.717, 1.165) is 32.7 Å². The molecule has 11 heteroatoms. The maximum atomic E-state index is 13.2. The summed E-state index contributed by atoms with van der Waals surface area (Å²) in [7, 11) is 2.11. The second-order valence-electron chi connectivity index (χ2n) is 10.1.